The third-order valence-corrected chi connectivity index (χ3v) is 2.80. The molecule has 2 atom stereocenters. The van der Waals surface area contributed by atoms with Crippen LogP contribution >= 0.6 is 0 Å². The van der Waals surface area contributed by atoms with E-state index in [2.05, 4.69) is 10.6 Å². The summed E-state index contributed by atoms with van der Waals surface area (Å²) in [6.45, 7) is 1.52. The lowest BCUT2D eigenvalue weighted by Gasteiger charge is -2.17. The van der Waals surface area contributed by atoms with Crippen molar-refractivity contribution in [1.29, 1.82) is 0 Å². The molecule has 4 N–H and O–H groups in total. The Morgan fingerprint density at radius 3 is 2.65 bits per heavy atom. The van der Waals surface area contributed by atoms with Gasteiger partial charge in [-0.1, -0.05) is 0 Å². The summed E-state index contributed by atoms with van der Waals surface area (Å²) in [5, 5.41) is 22.5. The van der Waals surface area contributed by atoms with Gasteiger partial charge >= 0.3 is 12.0 Å². The molecule has 1 aromatic rings. The number of carboxylic acids is 1. The second-order valence-electron chi connectivity index (χ2n) is 4.54. The second kappa shape index (κ2) is 8.21. The smallest absolute Gasteiger partial charge is 0.326 e. The number of hydrogen-bond donors (Lipinski definition) is 4. The highest BCUT2D eigenvalue weighted by atomic mass is 16.4. The molecule has 0 fully saturated rings. The third-order valence-electron chi connectivity index (χ3n) is 2.80. The zero-order valence-corrected chi connectivity index (χ0v) is 11.3. The second-order valence-corrected chi connectivity index (χ2v) is 4.54. The molecular weight excluding hydrogens is 264 g/mol. The summed E-state index contributed by atoms with van der Waals surface area (Å²) in [5.74, 6) is -0.333. The van der Waals surface area contributed by atoms with Gasteiger partial charge in [-0.15, -0.1) is 0 Å². The van der Waals surface area contributed by atoms with Gasteiger partial charge in [-0.3, -0.25) is 0 Å². The van der Waals surface area contributed by atoms with E-state index in [0.29, 0.717) is 12.8 Å². The first-order valence-electron chi connectivity index (χ1n) is 6.46. The summed E-state index contributed by atoms with van der Waals surface area (Å²) in [7, 11) is 0. The minimum atomic E-state index is -1.17. The number of rotatable bonds is 8. The molecule has 0 aliphatic carbocycles. The highest BCUT2D eigenvalue weighted by Gasteiger charge is 2.19. The van der Waals surface area contributed by atoms with E-state index in [4.69, 9.17) is 14.6 Å². The number of aryl methyl sites for hydroxylation is 1. The number of urea groups is 1. The number of amides is 2. The van der Waals surface area contributed by atoms with Crippen molar-refractivity contribution in [3.8, 4) is 0 Å². The maximum Gasteiger partial charge on any atom is 0.326 e. The number of nitrogens with one attached hydrogen (secondary N) is 2. The lowest BCUT2D eigenvalue weighted by molar-refractivity contribution is -0.139. The van der Waals surface area contributed by atoms with Crippen LogP contribution in [0.4, 0.5) is 4.79 Å². The summed E-state index contributed by atoms with van der Waals surface area (Å²) in [5.41, 5.74) is 0. The van der Waals surface area contributed by atoms with Gasteiger partial charge in [0, 0.05) is 25.5 Å². The highest BCUT2D eigenvalue weighted by molar-refractivity contribution is 5.82. The Morgan fingerprint density at radius 1 is 1.35 bits per heavy atom. The third kappa shape index (κ3) is 5.75. The number of carbonyl (C=O) groups excluding carboxylic acids is 1. The maximum absolute atomic E-state index is 11.6. The van der Waals surface area contributed by atoms with Crippen molar-refractivity contribution in [3.05, 3.63) is 24.2 Å². The van der Waals surface area contributed by atoms with Gasteiger partial charge in [0.1, 0.15) is 11.8 Å². The monoisotopic (exact) mass is 284 g/mol. The van der Waals surface area contributed by atoms with Gasteiger partial charge < -0.3 is 25.3 Å². The number of carbonyl (C=O) groups is 2. The molecule has 7 nitrogen and oxygen atoms in total. The molecule has 0 saturated carbocycles. The minimum Gasteiger partial charge on any atom is -0.480 e. The summed E-state index contributed by atoms with van der Waals surface area (Å²) in [6, 6.07) is 1.89. The molecule has 1 unspecified atom stereocenters. The number of aliphatic carboxylic acids is 1. The average Bonchev–Trinajstić information content (AvgIpc) is 2.88. The largest absolute Gasteiger partial charge is 0.480 e. The average molecular weight is 284 g/mol. The molecule has 1 aromatic heterocycles. The number of carboxylic acid groups (broad SMARTS) is 1. The zero-order chi connectivity index (χ0) is 15.0. The molecule has 20 heavy (non-hydrogen) atoms. The van der Waals surface area contributed by atoms with Crippen molar-refractivity contribution in [3.63, 3.8) is 0 Å². The van der Waals surface area contributed by atoms with Crippen LogP contribution in [0.5, 0.6) is 0 Å². The fourth-order valence-corrected chi connectivity index (χ4v) is 1.70. The molecule has 0 radical (unpaired) electrons. The van der Waals surface area contributed by atoms with E-state index in [1.54, 1.807) is 12.3 Å². The first kappa shape index (κ1) is 16.0. The first-order valence-corrected chi connectivity index (χ1v) is 6.46. The van der Waals surface area contributed by atoms with Gasteiger partial charge in [-0.25, -0.2) is 9.59 Å². The molecule has 0 bridgehead atoms. The Kier molecular flexibility index (Phi) is 6.58. The zero-order valence-electron chi connectivity index (χ0n) is 11.3. The van der Waals surface area contributed by atoms with Crippen LogP contribution in [-0.2, 0) is 11.2 Å². The predicted molar refractivity (Wildman–Crippen MR) is 71.3 cm³/mol. The fraction of sp³-hybridized carbons (Fsp3) is 0.538. The molecule has 7 heteroatoms. The van der Waals surface area contributed by atoms with E-state index in [1.165, 1.54) is 0 Å². The Bertz CT molecular complexity index is 418. The molecule has 0 aromatic carbocycles. The van der Waals surface area contributed by atoms with E-state index in [1.807, 2.05) is 13.0 Å². The van der Waals surface area contributed by atoms with Crippen LogP contribution in [0.15, 0.2) is 22.8 Å². The standard InChI is InChI=1S/C13H20N2O5/c1-9(4-5-10-3-2-8-20-10)14-13(19)15-11(6-7-16)12(17)18/h2-3,8-9,11,16H,4-7H2,1H3,(H,17,18)(H2,14,15,19)/t9?,11-/m0/s1. The predicted octanol–water partition coefficient (Wildman–Crippen LogP) is 0.736. The Hall–Kier alpha value is -2.02. The Morgan fingerprint density at radius 2 is 2.10 bits per heavy atom. The molecular formula is C13H20N2O5. The number of furan rings is 1. The quantitative estimate of drug-likeness (QED) is 0.562. The van der Waals surface area contributed by atoms with Crippen LogP contribution in [0.2, 0.25) is 0 Å². The van der Waals surface area contributed by atoms with Crippen LogP contribution < -0.4 is 10.6 Å². The molecule has 1 heterocycles. The summed E-state index contributed by atoms with van der Waals surface area (Å²) < 4.78 is 5.18. The van der Waals surface area contributed by atoms with Gasteiger partial charge in [-0.2, -0.15) is 0 Å². The minimum absolute atomic E-state index is 0.0243. The van der Waals surface area contributed by atoms with Gasteiger partial charge in [-0.05, 0) is 25.5 Å². The van der Waals surface area contributed by atoms with Crippen molar-refractivity contribution in [2.24, 2.45) is 0 Å². The van der Waals surface area contributed by atoms with Crippen molar-refractivity contribution < 1.29 is 24.2 Å². The molecule has 2 amide bonds. The van der Waals surface area contributed by atoms with Crippen molar-refractivity contribution in [1.82, 2.24) is 10.6 Å². The van der Waals surface area contributed by atoms with Crippen LogP contribution in [0, 0.1) is 0 Å². The van der Waals surface area contributed by atoms with E-state index in [9.17, 15) is 9.59 Å². The first-order chi connectivity index (χ1) is 9.52. The Balaban J connectivity index is 2.31. The Labute approximate surface area is 117 Å². The van der Waals surface area contributed by atoms with Crippen LogP contribution in [-0.4, -0.2) is 40.9 Å². The highest BCUT2D eigenvalue weighted by Crippen LogP contribution is 2.05. The maximum atomic E-state index is 11.6. The summed E-state index contributed by atoms with van der Waals surface area (Å²) in [4.78, 5) is 22.4. The van der Waals surface area contributed by atoms with Crippen molar-refractivity contribution >= 4 is 12.0 Å². The molecule has 0 aliphatic heterocycles. The van der Waals surface area contributed by atoms with E-state index in [-0.39, 0.29) is 19.1 Å². The van der Waals surface area contributed by atoms with E-state index in [0.717, 1.165) is 5.76 Å². The summed E-state index contributed by atoms with van der Waals surface area (Å²) >= 11 is 0. The molecule has 112 valence electrons. The van der Waals surface area contributed by atoms with Gasteiger partial charge in [0.05, 0.1) is 6.26 Å². The summed E-state index contributed by atoms with van der Waals surface area (Å²) in [6.07, 6.45) is 2.93. The number of aliphatic hydroxyl groups excluding tert-OH is 1. The van der Waals surface area contributed by atoms with Gasteiger partial charge in [0.15, 0.2) is 0 Å². The molecule has 0 spiro atoms. The lowest BCUT2D eigenvalue weighted by atomic mass is 10.1. The van der Waals surface area contributed by atoms with Crippen LogP contribution in [0.1, 0.15) is 25.5 Å². The fourth-order valence-electron chi connectivity index (χ4n) is 1.70. The lowest BCUT2D eigenvalue weighted by Crippen LogP contribution is -2.48. The van der Waals surface area contributed by atoms with Crippen molar-refractivity contribution in [2.45, 2.75) is 38.3 Å². The number of aliphatic hydroxyl groups is 1. The van der Waals surface area contributed by atoms with Crippen LogP contribution in [0.3, 0.4) is 0 Å². The molecule has 1 rings (SSSR count). The SMILES string of the molecule is CC(CCc1ccco1)NC(=O)N[C@@H](CCO)C(=O)O. The van der Waals surface area contributed by atoms with Gasteiger partial charge in [0.25, 0.3) is 0 Å². The van der Waals surface area contributed by atoms with Crippen LogP contribution in [0.25, 0.3) is 0 Å². The molecule has 0 saturated heterocycles. The van der Waals surface area contributed by atoms with E-state index >= 15 is 0 Å². The van der Waals surface area contributed by atoms with Crippen molar-refractivity contribution in [2.75, 3.05) is 6.61 Å². The number of hydrogen-bond acceptors (Lipinski definition) is 4. The van der Waals surface area contributed by atoms with Gasteiger partial charge in [0.2, 0.25) is 0 Å². The normalized spacial score (nSPS) is 13.5. The molecule has 0 aliphatic rings. The van der Waals surface area contributed by atoms with E-state index < -0.39 is 18.0 Å². The topological polar surface area (TPSA) is 112 Å².